The summed E-state index contributed by atoms with van der Waals surface area (Å²) in [6.07, 6.45) is 1.42. The molecule has 1 aliphatic carbocycles. The van der Waals surface area contributed by atoms with Gasteiger partial charge in [-0.15, -0.1) is 0 Å². The molecule has 1 aromatic heterocycles. The first kappa shape index (κ1) is 12.5. The summed E-state index contributed by atoms with van der Waals surface area (Å²) < 4.78 is 4.89. The second-order valence-electron chi connectivity index (χ2n) is 5.81. The molecule has 0 spiro atoms. The number of hydrogen-bond acceptors (Lipinski definition) is 2. The fourth-order valence-corrected chi connectivity index (χ4v) is 2.79. The van der Waals surface area contributed by atoms with Crippen molar-refractivity contribution in [3.05, 3.63) is 23.1 Å². The van der Waals surface area contributed by atoms with Crippen molar-refractivity contribution in [2.45, 2.75) is 27.7 Å². The Morgan fingerprint density at radius 3 is 2.41 bits per heavy atom. The topological polar surface area (TPSA) is 42.2 Å². The number of amides is 1. The van der Waals surface area contributed by atoms with Crippen LogP contribution in [0.2, 0.25) is 5.22 Å². The van der Waals surface area contributed by atoms with Crippen LogP contribution in [0, 0.1) is 16.7 Å². The van der Waals surface area contributed by atoms with E-state index in [2.05, 4.69) is 33.0 Å². The molecule has 94 valence electrons. The minimum absolute atomic E-state index is 0.150. The molecule has 0 aromatic carbocycles. The normalized spacial score (nSPS) is 21.2. The molecule has 0 saturated heterocycles. The first-order chi connectivity index (χ1) is 7.78. The molecule has 1 fully saturated rings. The van der Waals surface area contributed by atoms with Gasteiger partial charge in [-0.1, -0.05) is 27.7 Å². The van der Waals surface area contributed by atoms with E-state index in [1.807, 2.05) is 0 Å². The molecule has 0 unspecified atom stereocenters. The van der Waals surface area contributed by atoms with E-state index in [1.54, 1.807) is 6.07 Å². The van der Waals surface area contributed by atoms with Gasteiger partial charge in [0, 0.05) is 6.54 Å². The summed E-state index contributed by atoms with van der Waals surface area (Å²) in [5, 5.41) is 3.07. The largest absolute Gasteiger partial charge is 0.452 e. The van der Waals surface area contributed by atoms with E-state index in [9.17, 15) is 4.79 Å². The van der Waals surface area contributed by atoms with Crippen LogP contribution >= 0.6 is 11.6 Å². The number of rotatable bonds is 3. The van der Waals surface area contributed by atoms with Crippen molar-refractivity contribution < 1.29 is 9.21 Å². The molecule has 1 N–H and O–H groups in total. The smallest absolute Gasteiger partial charge is 0.256 e. The van der Waals surface area contributed by atoms with Crippen LogP contribution in [0.4, 0.5) is 0 Å². The molecule has 3 nitrogen and oxygen atoms in total. The van der Waals surface area contributed by atoms with E-state index in [0.29, 0.717) is 18.0 Å². The molecule has 0 radical (unpaired) electrons. The van der Waals surface area contributed by atoms with Crippen molar-refractivity contribution in [1.82, 2.24) is 5.32 Å². The summed E-state index contributed by atoms with van der Waals surface area (Å²) in [5.41, 5.74) is 0.962. The SMILES string of the molecule is CC1(C)C(CNC(=O)c2ccoc2Cl)C1(C)C. The summed E-state index contributed by atoms with van der Waals surface area (Å²) in [5.74, 6) is 0.340. The molecule has 1 saturated carbocycles. The quantitative estimate of drug-likeness (QED) is 0.900. The van der Waals surface area contributed by atoms with Crippen molar-refractivity contribution in [2.75, 3.05) is 6.54 Å². The number of halogens is 1. The van der Waals surface area contributed by atoms with Crippen molar-refractivity contribution in [1.29, 1.82) is 0 Å². The van der Waals surface area contributed by atoms with Crippen LogP contribution in [0.15, 0.2) is 16.7 Å². The number of carbonyl (C=O) groups excluding carboxylic acids is 1. The molecule has 0 aliphatic heterocycles. The summed E-state index contributed by atoms with van der Waals surface area (Å²) in [6.45, 7) is 9.60. The van der Waals surface area contributed by atoms with Crippen LogP contribution in [-0.4, -0.2) is 12.5 Å². The van der Waals surface area contributed by atoms with Gasteiger partial charge >= 0.3 is 0 Å². The minimum atomic E-state index is -0.165. The molecule has 1 aromatic rings. The second kappa shape index (κ2) is 3.77. The van der Waals surface area contributed by atoms with Gasteiger partial charge in [-0.05, 0) is 34.4 Å². The molecular weight excluding hydrogens is 238 g/mol. The maximum absolute atomic E-state index is 11.8. The average Bonchev–Trinajstić information content (AvgIpc) is 2.55. The van der Waals surface area contributed by atoms with E-state index < -0.39 is 0 Å². The first-order valence-electron chi connectivity index (χ1n) is 5.79. The molecule has 17 heavy (non-hydrogen) atoms. The summed E-state index contributed by atoms with van der Waals surface area (Å²) in [7, 11) is 0. The van der Waals surface area contributed by atoms with Gasteiger partial charge in [0.15, 0.2) is 0 Å². The molecule has 2 rings (SSSR count). The Hall–Kier alpha value is -0.960. The highest BCUT2D eigenvalue weighted by Crippen LogP contribution is 2.67. The zero-order chi connectivity index (χ0) is 12.8. The summed E-state index contributed by atoms with van der Waals surface area (Å²) in [4.78, 5) is 11.8. The fraction of sp³-hybridized carbons (Fsp3) is 0.615. The molecule has 1 aliphatic rings. The van der Waals surface area contributed by atoms with Crippen molar-refractivity contribution >= 4 is 17.5 Å². The van der Waals surface area contributed by atoms with Crippen LogP contribution in [0.5, 0.6) is 0 Å². The van der Waals surface area contributed by atoms with E-state index in [0.717, 1.165) is 0 Å². The van der Waals surface area contributed by atoms with E-state index in [4.69, 9.17) is 16.0 Å². The third-order valence-electron chi connectivity index (χ3n) is 4.65. The highest BCUT2D eigenvalue weighted by Gasteiger charge is 2.64. The monoisotopic (exact) mass is 255 g/mol. The van der Waals surface area contributed by atoms with Gasteiger partial charge in [-0.3, -0.25) is 4.79 Å². The first-order valence-corrected chi connectivity index (χ1v) is 6.17. The maximum atomic E-state index is 11.8. The van der Waals surface area contributed by atoms with Crippen molar-refractivity contribution in [3.63, 3.8) is 0 Å². The van der Waals surface area contributed by atoms with Gasteiger partial charge in [-0.2, -0.15) is 0 Å². The van der Waals surface area contributed by atoms with Crippen molar-refractivity contribution in [3.8, 4) is 0 Å². The van der Waals surface area contributed by atoms with Crippen molar-refractivity contribution in [2.24, 2.45) is 16.7 Å². The minimum Gasteiger partial charge on any atom is -0.452 e. The predicted molar refractivity (Wildman–Crippen MR) is 67.1 cm³/mol. The Balaban J connectivity index is 1.93. The third-order valence-corrected chi connectivity index (χ3v) is 4.94. The predicted octanol–water partition coefficient (Wildman–Crippen LogP) is 3.35. The van der Waals surface area contributed by atoms with Gasteiger partial charge in [-0.25, -0.2) is 0 Å². The summed E-state index contributed by atoms with van der Waals surface area (Å²) >= 11 is 5.75. The lowest BCUT2D eigenvalue weighted by molar-refractivity contribution is 0.0949. The number of hydrogen-bond donors (Lipinski definition) is 1. The van der Waals surface area contributed by atoms with Gasteiger partial charge in [0.2, 0.25) is 5.22 Å². The number of furan rings is 1. The lowest BCUT2D eigenvalue weighted by Gasteiger charge is -2.05. The molecular formula is C13H18ClNO2. The number of carbonyl (C=O) groups is 1. The average molecular weight is 256 g/mol. The van der Waals surface area contributed by atoms with Gasteiger partial charge < -0.3 is 9.73 Å². The van der Waals surface area contributed by atoms with Gasteiger partial charge in [0.05, 0.1) is 11.8 Å². The van der Waals surface area contributed by atoms with Crippen LogP contribution in [0.25, 0.3) is 0 Å². The Morgan fingerprint density at radius 1 is 1.41 bits per heavy atom. The highest BCUT2D eigenvalue weighted by molar-refractivity contribution is 6.32. The van der Waals surface area contributed by atoms with Gasteiger partial charge in [0.1, 0.15) is 0 Å². The molecule has 1 heterocycles. The molecule has 1 amide bonds. The van der Waals surface area contributed by atoms with Crippen LogP contribution in [0.3, 0.4) is 0 Å². The Morgan fingerprint density at radius 2 is 2.00 bits per heavy atom. The van der Waals surface area contributed by atoms with Crippen LogP contribution < -0.4 is 5.32 Å². The lowest BCUT2D eigenvalue weighted by Crippen LogP contribution is -2.26. The standard InChI is InChI=1S/C13H18ClNO2/c1-12(2)9(13(12,3)4)7-15-11(16)8-5-6-17-10(8)14/h5-6,9H,7H2,1-4H3,(H,15,16). The Labute approximate surface area is 107 Å². The van der Waals surface area contributed by atoms with Crippen LogP contribution in [-0.2, 0) is 0 Å². The molecule has 0 atom stereocenters. The van der Waals surface area contributed by atoms with E-state index in [1.165, 1.54) is 6.26 Å². The highest BCUT2D eigenvalue weighted by atomic mass is 35.5. The van der Waals surface area contributed by atoms with E-state index in [-0.39, 0.29) is 22.0 Å². The molecule has 0 bridgehead atoms. The maximum Gasteiger partial charge on any atom is 0.256 e. The lowest BCUT2D eigenvalue weighted by atomic mass is 10.0. The van der Waals surface area contributed by atoms with E-state index >= 15 is 0 Å². The third kappa shape index (κ3) is 1.86. The van der Waals surface area contributed by atoms with Crippen LogP contribution in [0.1, 0.15) is 38.1 Å². The zero-order valence-corrected chi connectivity index (χ0v) is 11.4. The zero-order valence-electron chi connectivity index (χ0n) is 10.6. The number of nitrogens with one attached hydrogen (secondary N) is 1. The summed E-state index contributed by atoms with van der Waals surface area (Å²) in [6, 6.07) is 1.58. The second-order valence-corrected chi connectivity index (χ2v) is 6.16. The molecule has 4 heteroatoms. The fourth-order valence-electron chi connectivity index (χ4n) is 2.59. The van der Waals surface area contributed by atoms with Gasteiger partial charge in [0.25, 0.3) is 5.91 Å². The Kier molecular flexibility index (Phi) is 2.77. The Bertz CT molecular complexity index is 434.